The topological polar surface area (TPSA) is 35.5 Å². The summed E-state index contributed by atoms with van der Waals surface area (Å²) in [6.45, 7) is 1.04. The van der Waals surface area contributed by atoms with Crippen molar-refractivity contribution in [1.82, 2.24) is 10.4 Å². The van der Waals surface area contributed by atoms with Gasteiger partial charge in [-0.2, -0.15) is 0 Å². The Labute approximate surface area is 118 Å². The summed E-state index contributed by atoms with van der Waals surface area (Å²) in [6, 6.07) is 0.547. The molecule has 3 heteroatoms. The lowest BCUT2D eigenvalue weighted by atomic mass is 10.0. The van der Waals surface area contributed by atoms with E-state index in [1.807, 2.05) is 0 Å². The van der Waals surface area contributed by atoms with Gasteiger partial charge < -0.3 is 5.11 Å². The Kier molecular flexibility index (Phi) is 7.18. The van der Waals surface area contributed by atoms with Gasteiger partial charge in [0.2, 0.25) is 0 Å². The quantitative estimate of drug-likeness (QED) is 0.763. The lowest BCUT2D eigenvalue weighted by Gasteiger charge is -2.35. The van der Waals surface area contributed by atoms with E-state index in [1.165, 1.54) is 77.0 Å². The van der Waals surface area contributed by atoms with Gasteiger partial charge in [-0.05, 0) is 32.1 Å². The Morgan fingerprint density at radius 2 is 1.21 bits per heavy atom. The second kappa shape index (κ2) is 8.93. The van der Waals surface area contributed by atoms with Crippen LogP contribution in [0.2, 0.25) is 0 Å². The maximum atomic E-state index is 10.4. The van der Waals surface area contributed by atoms with Crippen LogP contribution in [0.15, 0.2) is 0 Å². The summed E-state index contributed by atoms with van der Waals surface area (Å²) in [4.78, 5) is 0. The molecule has 1 unspecified atom stereocenters. The molecule has 2 fully saturated rings. The highest BCUT2D eigenvalue weighted by Gasteiger charge is 2.25. The Morgan fingerprint density at radius 3 is 1.89 bits per heavy atom. The fourth-order valence-electron chi connectivity index (χ4n) is 3.52. The third-order valence-electron chi connectivity index (χ3n) is 4.72. The molecule has 2 aliphatic rings. The van der Waals surface area contributed by atoms with Gasteiger partial charge in [-0.25, -0.2) is 5.01 Å². The Hall–Kier alpha value is -0.120. The van der Waals surface area contributed by atoms with E-state index >= 15 is 0 Å². The van der Waals surface area contributed by atoms with Crippen LogP contribution in [0.25, 0.3) is 0 Å². The standard InChI is InChI=1S/C16H32N2O/c19-16-13-9-5-6-10-14-17-18(16)15-11-7-3-1-2-4-8-12-15/h15-17,19H,1-14H2. The number of hydrogen-bond donors (Lipinski definition) is 2. The van der Waals surface area contributed by atoms with Crippen molar-refractivity contribution >= 4 is 0 Å². The average Bonchev–Trinajstić information content (AvgIpc) is 2.60. The number of aliphatic hydroxyl groups excluding tert-OH is 1. The SMILES string of the molecule is OC1CCCCCCNN1C1CCCCCCCC1. The molecule has 2 N–H and O–H groups in total. The summed E-state index contributed by atoms with van der Waals surface area (Å²) in [5.74, 6) is 0. The highest BCUT2D eigenvalue weighted by molar-refractivity contribution is 4.74. The second-order valence-electron chi connectivity index (χ2n) is 6.35. The van der Waals surface area contributed by atoms with E-state index in [9.17, 15) is 5.11 Å². The smallest absolute Gasteiger partial charge is 0.120 e. The Balaban J connectivity index is 1.92. The van der Waals surface area contributed by atoms with Gasteiger partial charge in [-0.3, -0.25) is 5.43 Å². The number of hydrogen-bond acceptors (Lipinski definition) is 3. The molecule has 0 aromatic carbocycles. The molecule has 0 aromatic heterocycles. The molecule has 0 radical (unpaired) electrons. The molecule has 0 aromatic rings. The maximum absolute atomic E-state index is 10.4. The maximum Gasteiger partial charge on any atom is 0.120 e. The van der Waals surface area contributed by atoms with Crippen molar-refractivity contribution in [1.29, 1.82) is 0 Å². The molecule has 1 saturated carbocycles. The monoisotopic (exact) mass is 268 g/mol. The molecule has 112 valence electrons. The predicted molar refractivity (Wildman–Crippen MR) is 79.7 cm³/mol. The zero-order valence-electron chi connectivity index (χ0n) is 12.4. The Morgan fingerprint density at radius 1 is 0.684 bits per heavy atom. The van der Waals surface area contributed by atoms with E-state index in [1.54, 1.807) is 0 Å². The van der Waals surface area contributed by atoms with Crippen LogP contribution in [0.1, 0.15) is 83.5 Å². The van der Waals surface area contributed by atoms with Gasteiger partial charge in [0.15, 0.2) is 0 Å². The average molecular weight is 268 g/mol. The minimum absolute atomic E-state index is 0.274. The first kappa shape index (κ1) is 15.3. The first-order chi connectivity index (χ1) is 9.38. The second-order valence-corrected chi connectivity index (χ2v) is 6.35. The predicted octanol–water partition coefficient (Wildman–Crippen LogP) is 3.58. The third kappa shape index (κ3) is 5.41. The lowest BCUT2D eigenvalue weighted by molar-refractivity contribution is -0.0700. The fraction of sp³-hybridized carbons (Fsp3) is 1.00. The first-order valence-electron chi connectivity index (χ1n) is 8.58. The van der Waals surface area contributed by atoms with E-state index in [2.05, 4.69) is 10.4 Å². The molecule has 0 bridgehead atoms. The minimum atomic E-state index is -0.274. The van der Waals surface area contributed by atoms with Crippen molar-refractivity contribution in [3.63, 3.8) is 0 Å². The van der Waals surface area contributed by atoms with Crippen LogP contribution in [0.3, 0.4) is 0 Å². The summed E-state index contributed by atoms with van der Waals surface area (Å²) in [5, 5.41) is 12.7. The molecular formula is C16H32N2O. The lowest BCUT2D eigenvalue weighted by Crippen LogP contribution is -2.52. The van der Waals surface area contributed by atoms with Gasteiger partial charge in [0, 0.05) is 12.6 Å². The van der Waals surface area contributed by atoms with E-state index < -0.39 is 0 Å². The fourth-order valence-corrected chi connectivity index (χ4v) is 3.52. The van der Waals surface area contributed by atoms with Crippen molar-refractivity contribution < 1.29 is 5.11 Å². The number of hydrazine groups is 1. The van der Waals surface area contributed by atoms with E-state index in [0.29, 0.717) is 6.04 Å². The van der Waals surface area contributed by atoms with Crippen LogP contribution in [0.5, 0.6) is 0 Å². The zero-order chi connectivity index (χ0) is 13.3. The molecule has 1 aliphatic heterocycles. The largest absolute Gasteiger partial charge is 0.377 e. The molecule has 19 heavy (non-hydrogen) atoms. The summed E-state index contributed by atoms with van der Waals surface area (Å²) in [7, 11) is 0. The van der Waals surface area contributed by atoms with Crippen molar-refractivity contribution in [3.05, 3.63) is 0 Å². The van der Waals surface area contributed by atoms with Gasteiger partial charge >= 0.3 is 0 Å². The van der Waals surface area contributed by atoms with Crippen LogP contribution in [-0.4, -0.2) is 28.9 Å². The van der Waals surface area contributed by atoms with Gasteiger partial charge in [0.1, 0.15) is 6.23 Å². The first-order valence-corrected chi connectivity index (χ1v) is 8.58. The van der Waals surface area contributed by atoms with Crippen LogP contribution in [0, 0.1) is 0 Å². The molecule has 1 atom stereocenters. The van der Waals surface area contributed by atoms with Crippen molar-refractivity contribution in [2.45, 2.75) is 95.7 Å². The Bertz CT molecular complexity index is 225. The van der Waals surface area contributed by atoms with Crippen molar-refractivity contribution in [2.75, 3.05) is 6.54 Å². The van der Waals surface area contributed by atoms with E-state index in [-0.39, 0.29) is 6.23 Å². The highest BCUT2D eigenvalue weighted by atomic mass is 16.3. The molecular weight excluding hydrogens is 236 g/mol. The molecule has 1 aliphatic carbocycles. The van der Waals surface area contributed by atoms with Crippen LogP contribution in [0.4, 0.5) is 0 Å². The molecule has 0 spiro atoms. The van der Waals surface area contributed by atoms with Crippen LogP contribution >= 0.6 is 0 Å². The molecule has 1 heterocycles. The van der Waals surface area contributed by atoms with E-state index in [0.717, 1.165) is 13.0 Å². The highest BCUT2D eigenvalue weighted by Crippen LogP contribution is 2.23. The number of rotatable bonds is 1. The van der Waals surface area contributed by atoms with Gasteiger partial charge in [0.05, 0.1) is 0 Å². The van der Waals surface area contributed by atoms with E-state index in [4.69, 9.17) is 0 Å². The minimum Gasteiger partial charge on any atom is -0.377 e. The van der Waals surface area contributed by atoms with Gasteiger partial charge in [-0.1, -0.05) is 51.4 Å². The summed E-state index contributed by atoms with van der Waals surface area (Å²) in [6.07, 6.45) is 16.4. The molecule has 0 amide bonds. The normalized spacial score (nSPS) is 30.5. The molecule has 2 rings (SSSR count). The molecule has 3 nitrogen and oxygen atoms in total. The number of aliphatic hydroxyl groups is 1. The summed E-state index contributed by atoms with van der Waals surface area (Å²) in [5.41, 5.74) is 3.53. The zero-order valence-corrected chi connectivity index (χ0v) is 12.4. The number of nitrogens with zero attached hydrogens (tertiary/aromatic N) is 1. The molecule has 1 saturated heterocycles. The summed E-state index contributed by atoms with van der Waals surface area (Å²) >= 11 is 0. The van der Waals surface area contributed by atoms with Crippen LogP contribution < -0.4 is 5.43 Å². The van der Waals surface area contributed by atoms with Crippen LogP contribution in [-0.2, 0) is 0 Å². The van der Waals surface area contributed by atoms with Crippen molar-refractivity contribution in [3.8, 4) is 0 Å². The third-order valence-corrected chi connectivity index (χ3v) is 4.72. The van der Waals surface area contributed by atoms with Gasteiger partial charge in [0.25, 0.3) is 0 Å². The van der Waals surface area contributed by atoms with Gasteiger partial charge in [-0.15, -0.1) is 0 Å². The van der Waals surface area contributed by atoms with Crippen molar-refractivity contribution in [2.24, 2.45) is 0 Å². The number of nitrogens with one attached hydrogen (secondary N) is 1. The summed E-state index contributed by atoms with van der Waals surface area (Å²) < 4.78 is 0.